The summed E-state index contributed by atoms with van der Waals surface area (Å²) >= 11 is 7.17. The molecule has 0 amide bonds. The van der Waals surface area contributed by atoms with Crippen molar-refractivity contribution in [2.75, 3.05) is 6.61 Å². The second-order valence-electron chi connectivity index (χ2n) is 5.65. The van der Waals surface area contributed by atoms with Crippen LogP contribution in [0.1, 0.15) is 27.7 Å². The smallest absolute Gasteiger partial charge is 0.354 e. The Morgan fingerprint density at radius 3 is 2.46 bits per heavy atom. The van der Waals surface area contributed by atoms with Crippen molar-refractivity contribution in [3.63, 3.8) is 0 Å². The topological polar surface area (TPSA) is 48.4 Å². The molecule has 0 bridgehead atoms. The number of rotatable bonds is 6. The maximum Gasteiger partial charge on any atom is 0.354 e. The van der Waals surface area contributed by atoms with Crippen LogP contribution in [0, 0.1) is 6.92 Å². The van der Waals surface area contributed by atoms with E-state index >= 15 is 0 Å². The lowest BCUT2D eigenvalue weighted by Crippen LogP contribution is -2.05. The summed E-state index contributed by atoms with van der Waals surface area (Å²) in [5.74, 6) is -0.131. The zero-order chi connectivity index (χ0) is 18.5. The first-order valence-electron chi connectivity index (χ1n) is 8.19. The molecule has 0 unspecified atom stereocenters. The normalized spacial score (nSPS) is 10.6. The highest BCUT2D eigenvalue weighted by molar-refractivity contribution is 7.17. The van der Waals surface area contributed by atoms with Gasteiger partial charge in [-0.3, -0.25) is 0 Å². The molecule has 4 nitrogen and oxygen atoms in total. The number of carbonyl (C=O) groups is 1. The number of hydrogen-bond donors (Lipinski definition) is 0. The molecule has 3 aromatic rings. The van der Waals surface area contributed by atoms with Crippen molar-refractivity contribution in [1.29, 1.82) is 0 Å². The van der Waals surface area contributed by atoms with Crippen molar-refractivity contribution in [2.45, 2.75) is 20.5 Å². The van der Waals surface area contributed by atoms with E-state index in [0.717, 1.165) is 21.7 Å². The fourth-order valence-corrected chi connectivity index (χ4v) is 3.32. The van der Waals surface area contributed by atoms with Crippen molar-refractivity contribution in [1.82, 2.24) is 4.98 Å². The minimum Gasteiger partial charge on any atom is -0.472 e. The van der Waals surface area contributed by atoms with E-state index in [1.807, 2.05) is 43.3 Å². The Morgan fingerprint density at radius 2 is 1.81 bits per heavy atom. The van der Waals surface area contributed by atoms with E-state index in [1.54, 1.807) is 19.1 Å². The summed E-state index contributed by atoms with van der Waals surface area (Å²) in [5.41, 5.74) is 3.04. The minimum atomic E-state index is -0.422. The number of thiazole rings is 1. The molecule has 3 rings (SSSR count). The molecule has 0 fully saturated rings. The van der Waals surface area contributed by atoms with Gasteiger partial charge in [0.2, 0.25) is 5.88 Å². The zero-order valence-electron chi connectivity index (χ0n) is 14.5. The van der Waals surface area contributed by atoms with E-state index in [9.17, 15) is 4.79 Å². The number of carbonyl (C=O) groups excluding carboxylic acids is 1. The maximum atomic E-state index is 12.3. The monoisotopic (exact) mass is 387 g/mol. The van der Waals surface area contributed by atoms with Crippen LogP contribution in [0.15, 0.2) is 48.5 Å². The van der Waals surface area contributed by atoms with Gasteiger partial charge in [0.1, 0.15) is 11.6 Å². The average molecular weight is 388 g/mol. The Bertz CT molecular complexity index is 888. The number of aryl methyl sites for hydroxylation is 1. The van der Waals surface area contributed by atoms with Crippen LogP contribution in [0.2, 0.25) is 5.02 Å². The molecule has 0 atom stereocenters. The van der Waals surface area contributed by atoms with Crippen molar-refractivity contribution < 1.29 is 14.3 Å². The SMILES string of the molecule is CCOC(=O)c1sc(-c2ccc(C)cc2)nc1OCc1ccc(Cl)cc1. The van der Waals surface area contributed by atoms with E-state index < -0.39 is 5.97 Å². The van der Waals surface area contributed by atoms with Crippen LogP contribution in [0.25, 0.3) is 10.6 Å². The highest BCUT2D eigenvalue weighted by Crippen LogP contribution is 2.33. The standard InChI is InChI=1S/C20H18ClNO3S/c1-3-24-20(23)17-18(25-12-14-6-10-16(21)11-7-14)22-19(26-17)15-8-4-13(2)5-9-15/h4-11H,3,12H2,1-2H3. The first-order valence-corrected chi connectivity index (χ1v) is 9.38. The molecule has 0 aliphatic carbocycles. The lowest BCUT2D eigenvalue weighted by Gasteiger charge is -2.05. The summed E-state index contributed by atoms with van der Waals surface area (Å²) in [6.45, 7) is 4.39. The number of hydrogen-bond acceptors (Lipinski definition) is 5. The molecular formula is C20H18ClNO3S. The molecule has 0 aliphatic rings. The zero-order valence-corrected chi connectivity index (χ0v) is 16.1. The number of halogens is 1. The Hall–Kier alpha value is -2.37. The molecule has 1 heterocycles. The molecule has 134 valence electrons. The van der Waals surface area contributed by atoms with Gasteiger partial charge in [-0.2, -0.15) is 0 Å². The van der Waals surface area contributed by atoms with Crippen molar-refractivity contribution in [3.05, 3.63) is 69.6 Å². The van der Waals surface area contributed by atoms with Gasteiger partial charge >= 0.3 is 5.97 Å². The predicted octanol–water partition coefficient (Wildman–Crippen LogP) is 5.53. The Kier molecular flexibility index (Phi) is 5.91. The van der Waals surface area contributed by atoms with Crippen LogP contribution in [0.4, 0.5) is 0 Å². The summed E-state index contributed by atoms with van der Waals surface area (Å²) in [6.07, 6.45) is 0. The van der Waals surface area contributed by atoms with Crippen LogP contribution >= 0.6 is 22.9 Å². The molecule has 0 saturated heterocycles. The van der Waals surface area contributed by atoms with E-state index in [2.05, 4.69) is 4.98 Å². The van der Waals surface area contributed by atoms with E-state index in [4.69, 9.17) is 21.1 Å². The summed E-state index contributed by atoms with van der Waals surface area (Å²) in [6, 6.07) is 15.3. The summed E-state index contributed by atoms with van der Waals surface area (Å²) in [7, 11) is 0. The minimum absolute atomic E-state index is 0.291. The van der Waals surface area contributed by atoms with Gasteiger partial charge in [0.05, 0.1) is 6.61 Å². The molecule has 6 heteroatoms. The van der Waals surface area contributed by atoms with Crippen LogP contribution in [0.3, 0.4) is 0 Å². The quantitative estimate of drug-likeness (QED) is 0.522. The molecule has 0 radical (unpaired) electrons. The number of benzene rings is 2. The Balaban J connectivity index is 1.87. The second kappa shape index (κ2) is 8.34. The van der Waals surface area contributed by atoms with Crippen molar-refractivity contribution in [2.24, 2.45) is 0 Å². The van der Waals surface area contributed by atoms with E-state index in [0.29, 0.717) is 29.0 Å². The fourth-order valence-electron chi connectivity index (χ4n) is 2.28. The third kappa shape index (κ3) is 4.42. The van der Waals surface area contributed by atoms with E-state index in [1.165, 1.54) is 11.3 Å². The van der Waals surface area contributed by atoms with Crippen molar-refractivity contribution in [3.8, 4) is 16.5 Å². The Morgan fingerprint density at radius 1 is 1.12 bits per heavy atom. The predicted molar refractivity (Wildman–Crippen MR) is 104 cm³/mol. The largest absolute Gasteiger partial charge is 0.472 e. The molecule has 0 spiro atoms. The summed E-state index contributed by atoms with van der Waals surface area (Å²) in [5, 5.41) is 1.38. The molecule has 0 saturated carbocycles. The number of nitrogens with zero attached hydrogens (tertiary/aromatic N) is 1. The third-order valence-corrected chi connectivity index (χ3v) is 4.96. The van der Waals surface area contributed by atoms with Crippen molar-refractivity contribution >= 4 is 28.9 Å². The van der Waals surface area contributed by atoms with Crippen LogP contribution in [-0.4, -0.2) is 17.6 Å². The molecule has 2 aromatic carbocycles. The number of esters is 1. The lowest BCUT2D eigenvalue weighted by atomic mass is 10.2. The van der Waals surface area contributed by atoms with Crippen LogP contribution < -0.4 is 4.74 Å². The van der Waals surface area contributed by atoms with Gasteiger partial charge in [0.25, 0.3) is 0 Å². The fraction of sp³-hybridized carbons (Fsp3) is 0.200. The molecular weight excluding hydrogens is 370 g/mol. The lowest BCUT2D eigenvalue weighted by molar-refractivity contribution is 0.0526. The van der Waals surface area contributed by atoms with Gasteiger partial charge in [-0.25, -0.2) is 9.78 Å². The van der Waals surface area contributed by atoms with Gasteiger partial charge in [-0.15, -0.1) is 11.3 Å². The Labute approximate surface area is 161 Å². The van der Waals surface area contributed by atoms with Gasteiger partial charge in [-0.05, 0) is 31.5 Å². The van der Waals surface area contributed by atoms with Crippen LogP contribution in [0.5, 0.6) is 5.88 Å². The third-order valence-electron chi connectivity index (χ3n) is 3.64. The first-order chi connectivity index (χ1) is 12.6. The highest BCUT2D eigenvalue weighted by Gasteiger charge is 2.21. The van der Waals surface area contributed by atoms with Gasteiger partial charge in [0, 0.05) is 10.6 Å². The second-order valence-corrected chi connectivity index (χ2v) is 7.09. The molecule has 1 aromatic heterocycles. The van der Waals surface area contributed by atoms with Gasteiger partial charge in [0.15, 0.2) is 4.88 Å². The number of ether oxygens (including phenoxy) is 2. The maximum absolute atomic E-state index is 12.3. The number of aromatic nitrogens is 1. The average Bonchev–Trinajstić information content (AvgIpc) is 3.06. The molecule has 26 heavy (non-hydrogen) atoms. The highest BCUT2D eigenvalue weighted by atomic mass is 35.5. The summed E-state index contributed by atoms with van der Waals surface area (Å²) < 4.78 is 11.0. The summed E-state index contributed by atoms with van der Waals surface area (Å²) in [4.78, 5) is 17.2. The van der Waals surface area contributed by atoms with Gasteiger partial charge in [-0.1, -0.05) is 53.6 Å². The molecule has 0 aliphatic heterocycles. The molecule has 0 N–H and O–H groups in total. The van der Waals surface area contributed by atoms with Crippen LogP contribution in [-0.2, 0) is 11.3 Å². The van der Waals surface area contributed by atoms with E-state index in [-0.39, 0.29) is 0 Å². The first kappa shape index (κ1) is 18.4. The van der Waals surface area contributed by atoms with Gasteiger partial charge < -0.3 is 9.47 Å².